The van der Waals surface area contributed by atoms with Crippen molar-refractivity contribution in [3.05, 3.63) is 78.9 Å². The zero-order valence-electron chi connectivity index (χ0n) is 17.8. The molecule has 0 bridgehead atoms. The number of thioether (sulfide) groups is 1. The van der Waals surface area contributed by atoms with Gasteiger partial charge in [0.1, 0.15) is 0 Å². The number of nitrogens with zero attached hydrogens (tertiary/aromatic N) is 4. The van der Waals surface area contributed by atoms with Crippen LogP contribution in [0.2, 0.25) is 0 Å². The second-order valence-electron chi connectivity index (χ2n) is 8.00. The Hall–Kier alpha value is -2.86. The number of hydrogen-bond acceptors (Lipinski definition) is 4. The van der Waals surface area contributed by atoms with Crippen LogP contribution in [0.25, 0.3) is 11.4 Å². The van der Waals surface area contributed by atoms with Crippen LogP contribution in [0.4, 0.5) is 0 Å². The van der Waals surface area contributed by atoms with Crippen molar-refractivity contribution in [1.29, 1.82) is 0 Å². The first-order valence-electron chi connectivity index (χ1n) is 9.97. The highest BCUT2D eigenvalue weighted by Gasteiger charge is 2.27. The van der Waals surface area contributed by atoms with Gasteiger partial charge < -0.3 is 4.90 Å². The molecule has 0 aliphatic heterocycles. The van der Waals surface area contributed by atoms with Crippen molar-refractivity contribution >= 4 is 17.7 Å². The number of carbonyl (C=O) groups is 1. The molecule has 1 heterocycles. The SMILES string of the molecule is C=CCn1c(SCC(=O)N(Cc2ccccc2)C(C)(C)C)nnc1-c1ccccc1. The monoisotopic (exact) mass is 420 g/mol. The van der Waals surface area contributed by atoms with Gasteiger partial charge in [0.15, 0.2) is 11.0 Å². The largest absolute Gasteiger partial charge is 0.333 e. The van der Waals surface area contributed by atoms with E-state index in [0.717, 1.165) is 22.1 Å². The Morgan fingerprint density at radius 2 is 1.70 bits per heavy atom. The minimum Gasteiger partial charge on any atom is -0.333 e. The van der Waals surface area contributed by atoms with Crippen LogP contribution in [0.5, 0.6) is 0 Å². The highest BCUT2D eigenvalue weighted by molar-refractivity contribution is 7.99. The minimum absolute atomic E-state index is 0.0748. The summed E-state index contributed by atoms with van der Waals surface area (Å²) in [5.41, 5.74) is 1.83. The molecular weight excluding hydrogens is 392 g/mol. The molecule has 0 saturated heterocycles. The molecule has 0 unspecified atom stereocenters. The summed E-state index contributed by atoms with van der Waals surface area (Å²) in [5, 5.41) is 9.43. The van der Waals surface area contributed by atoms with E-state index >= 15 is 0 Å². The third-order valence-electron chi connectivity index (χ3n) is 4.68. The summed E-state index contributed by atoms with van der Waals surface area (Å²) in [6.07, 6.45) is 1.82. The third-order valence-corrected chi connectivity index (χ3v) is 5.63. The Kier molecular flexibility index (Phi) is 7.11. The molecule has 0 radical (unpaired) electrons. The van der Waals surface area contributed by atoms with E-state index in [4.69, 9.17) is 0 Å². The molecule has 1 amide bonds. The Balaban J connectivity index is 1.77. The summed E-state index contributed by atoms with van der Waals surface area (Å²) in [6.45, 7) is 11.2. The van der Waals surface area contributed by atoms with Gasteiger partial charge in [0.05, 0.1) is 5.75 Å². The van der Waals surface area contributed by atoms with Crippen LogP contribution in [-0.2, 0) is 17.9 Å². The van der Waals surface area contributed by atoms with E-state index in [9.17, 15) is 4.79 Å². The molecule has 0 saturated carbocycles. The zero-order chi connectivity index (χ0) is 21.6. The molecular formula is C24H28N4OS. The molecule has 5 nitrogen and oxygen atoms in total. The first-order chi connectivity index (χ1) is 14.4. The molecule has 0 aliphatic carbocycles. The molecule has 3 rings (SSSR count). The summed E-state index contributed by atoms with van der Waals surface area (Å²) < 4.78 is 2.00. The van der Waals surface area contributed by atoms with E-state index in [1.54, 1.807) is 0 Å². The van der Waals surface area contributed by atoms with Gasteiger partial charge in [0, 0.05) is 24.2 Å². The number of amides is 1. The summed E-state index contributed by atoms with van der Waals surface area (Å²) in [7, 11) is 0. The van der Waals surface area contributed by atoms with Crippen molar-refractivity contribution in [1.82, 2.24) is 19.7 Å². The first kappa shape index (κ1) is 21.8. The van der Waals surface area contributed by atoms with Crippen molar-refractivity contribution in [3.8, 4) is 11.4 Å². The summed E-state index contributed by atoms with van der Waals surface area (Å²) >= 11 is 1.42. The maximum atomic E-state index is 13.1. The van der Waals surface area contributed by atoms with Crippen LogP contribution in [0, 0.1) is 0 Å². The summed E-state index contributed by atoms with van der Waals surface area (Å²) in [4.78, 5) is 15.1. The summed E-state index contributed by atoms with van der Waals surface area (Å²) in [6, 6.07) is 20.0. The summed E-state index contributed by atoms with van der Waals surface area (Å²) in [5.74, 6) is 1.15. The second-order valence-corrected chi connectivity index (χ2v) is 8.94. The van der Waals surface area contributed by atoms with Crippen molar-refractivity contribution in [3.63, 3.8) is 0 Å². The van der Waals surface area contributed by atoms with Gasteiger partial charge in [-0.2, -0.15) is 0 Å². The van der Waals surface area contributed by atoms with Gasteiger partial charge in [0.25, 0.3) is 0 Å². The molecule has 1 aromatic heterocycles. The van der Waals surface area contributed by atoms with Crippen LogP contribution in [0.1, 0.15) is 26.3 Å². The van der Waals surface area contributed by atoms with Crippen molar-refractivity contribution < 1.29 is 4.79 Å². The van der Waals surface area contributed by atoms with Gasteiger partial charge in [0.2, 0.25) is 5.91 Å². The number of aromatic nitrogens is 3. The van der Waals surface area contributed by atoms with Gasteiger partial charge in [-0.15, -0.1) is 16.8 Å². The maximum Gasteiger partial charge on any atom is 0.233 e. The van der Waals surface area contributed by atoms with Crippen molar-refractivity contribution in [2.24, 2.45) is 0 Å². The molecule has 0 fully saturated rings. The maximum absolute atomic E-state index is 13.1. The molecule has 156 valence electrons. The first-order valence-corrected chi connectivity index (χ1v) is 11.0. The lowest BCUT2D eigenvalue weighted by Crippen LogP contribution is -2.45. The lowest BCUT2D eigenvalue weighted by molar-refractivity contribution is -0.133. The number of allylic oxidation sites excluding steroid dienone is 1. The molecule has 0 atom stereocenters. The average Bonchev–Trinajstić information content (AvgIpc) is 3.14. The minimum atomic E-state index is -0.280. The van der Waals surface area contributed by atoms with Crippen molar-refractivity contribution in [2.75, 3.05) is 5.75 Å². The smallest absolute Gasteiger partial charge is 0.233 e. The van der Waals surface area contributed by atoms with E-state index < -0.39 is 0 Å². The van der Waals surface area contributed by atoms with Gasteiger partial charge in [-0.25, -0.2) is 0 Å². The standard InChI is InChI=1S/C24H28N4OS/c1-5-16-27-22(20-14-10-7-11-15-20)25-26-23(27)30-18-21(29)28(24(2,3)4)17-19-12-8-6-9-13-19/h5-15H,1,16-18H2,2-4H3. The Labute approximate surface area is 182 Å². The third kappa shape index (κ3) is 5.39. The number of hydrogen-bond donors (Lipinski definition) is 0. The van der Waals surface area contributed by atoms with E-state index in [0.29, 0.717) is 18.8 Å². The van der Waals surface area contributed by atoms with Crippen molar-refractivity contribution in [2.45, 2.75) is 44.6 Å². The van der Waals surface area contributed by atoms with E-state index in [1.165, 1.54) is 11.8 Å². The average molecular weight is 421 g/mol. The lowest BCUT2D eigenvalue weighted by Gasteiger charge is -2.36. The molecule has 3 aromatic rings. The molecule has 0 N–H and O–H groups in total. The number of benzene rings is 2. The normalized spacial score (nSPS) is 11.3. The molecule has 2 aromatic carbocycles. The Bertz CT molecular complexity index is 977. The number of rotatable bonds is 8. The molecule has 0 aliphatic rings. The topological polar surface area (TPSA) is 51.0 Å². The van der Waals surface area contributed by atoms with Gasteiger partial charge in [-0.05, 0) is 26.3 Å². The fraction of sp³-hybridized carbons (Fsp3) is 0.292. The van der Waals surface area contributed by atoms with Gasteiger partial charge >= 0.3 is 0 Å². The van der Waals surface area contributed by atoms with Crippen LogP contribution >= 0.6 is 11.8 Å². The lowest BCUT2D eigenvalue weighted by atomic mass is 10.0. The fourth-order valence-corrected chi connectivity index (χ4v) is 3.98. The highest BCUT2D eigenvalue weighted by atomic mass is 32.2. The Morgan fingerprint density at radius 3 is 2.30 bits per heavy atom. The van der Waals surface area contributed by atoms with E-state index in [1.807, 2.05) is 76.2 Å². The molecule has 30 heavy (non-hydrogen) atoms. The van der Waals surface area contributed by atoms with Gasteiger partial charge in [-0.3, -0.25) is 9.36 Å². The quantitative estimate of drug-likeness (QED) is 0.378. The number of carbonyl (C=O) groups excluding carboxylic acids is 1. The zero-order valence-corrected chi connectivity index (χ0v) is 18.6. The molecule has 0 spiro atoms. The molecule has 6 heteroatoms. The fourth-order valence-electron chi connectivity index (χ4n) is 3.16. The van der Waals surface area contributed by atoms with Crippen LogP contribution in [0.3, 0.4) is 0 Å². The van der Waals surface area contributed by atoms with Crippen LogP contribution < -0.4 is 0 Å². The predicted molar refractivity (Wildman–Crippen MR) is 123 cm³/mol. The predicted octanol–water partition coefficient (Wildman–Crippen LogP) is 5.05. The second kappa shape index (κ2) is 9.76. The van der Waals surface area contributed by atoms with E-state index in [2.05, 4.69) is 37.5 Å². The van der Waals surface area contributed by atoms with Crippen LogP contribution in [-0.4, -0.2) is 36.9 Å². The van der Waals surface area contributed by atoms with Crippen LogP contribution in [0.15, 0.2) is 78.5 Å². The Morgan fingerprint density at radius 1 is 1.07 bits per heavy atom. The highest BCUT2D eigenvalue weighted by Crippen LogP contribution is 2.26. The van der Waals surface area contributed by atoms with E-state index in [-0.39, 0.29) is 11.4 Å². The van der Waals surface area contributed by atoms with Gasteiger partial charge in [-0.1, -0.05) is 78.5 Å².